The number of hydrogen-bond acceptors (Lipinski definition) is 7. The molecule has 1 atom stereocenters. The van der Waals surface area contributed by atoms with E-state index in [-0.39, 0.29) is 18.1 Å². The van der Waals surface area contributed by atoms with E-state index in [1.165, 1.54) is 38.7 Å². The number of allylic oxidation sites excluding steroid dienone is 1. The lowest BCUT2D eigenvalue weighted by atomic mass is 10.1. The zero-order chi connectivity index (χ0) is 24.0. The van der Waals surface area contributed by atoms with Crippen LogP contribution in [-0.4, -0.2) is 60.8 Å². The maximum absolute atomic E-state index is 13.5. The van der Waals surface area contributed by atoms with Gasteiger partial charge in [0.25, 0.3) is 0 Å². The van der Waals surface area contributed by atoms with E-state index in [4.69, 9.17) is 14.2 Å². The molecule has 3 rings (SSSR count). The second kappa shape index (κ2) is 11.3. The average Bonchev–Trinajstić information content (AvgIpc) is 3.26. The number of hydrogen-bond donors (Lipinski definition) is 3. The summed E-state index contributed by atoms with van der Waals surface area (Å²) in [6.07, 6.45) is 3.64. The first-order valence-corrected chi connectivity index (χ1v) is 11.5. The van der Waals surface area contributed by atoms with E-state index in [1.807, 2.05) is 12.3 Å². The molecule has 0 aliphatic carbocycles. The second-order valence-corrected chi connectivity index (χ2v) is 8.44. The van der Waals surface area contributed by atoms with Gasteiger partial charge in [-0.05, 0) is 36.3 Å². The summed E-state index contributed by atoms with van der Waals surface area (Å²) in [5, 5.41) is 20.1. The van der Waals surface area contributed by atoms with Gasteiger partial charge in [0, 0.05) is 34.0 Å². The molecule has 0 radical (unpaired) electrons. The van der Waals surface area contributed by atoms with Gasteiger partial charge >= 0.3 is 0 Å². The van der Waals surface area contributed by atoms with Crippen LogP contribution in [-0.2, 0) is 6.42 Å². The predicted octanol–water partition coefficient (Wildman–Crippen LogP) is 4.07. The van der Waals surface area contributed by atoms with Crippen molar-refractivity contribution in [3.05, 3.63) is 58.1 Å². The summed E-state index contributed by atoms with van der Waals surface area (Å²) in [6, 6.07) is 9.39. The number of ketones is 1. The number of ether oxygens (including phenoxy) is 3. The Labute approximate surface area is 197 Å². The van der Waals surface area contributed by atoms with Crippen LogP contribution in [0, 0.1) is 0 Å². The molecule has 8 heteroatoms. The van der Waals surface area contributed by atoms with E-state index in [1.54, 1.807) is 18.2 Å². The van der Waals surface area contributed by atoms with Crippen molar-refractivity contribution in [2.24, 2.45) is 0 Å². The minimum absolute atomic E-state index is 0.167. The van der Waals surface area contributed by atoms with Crippen molar-refractivity contribution < 1.29 is 29.2 Å². The van der Waals surface area contributed by atoms with Gasteiger partial charge in [-0.3, -0.25) is 4.79 Å². The first kappa shape index (κ1) is 24.7. The Morgan fingerprint density at radius 2 is 1.82 bits per heavy atom. The number of nitrogens with one attached hydrogen (secondary N) is 1. The zero-order valence-corrected chi connectivity index (χ0v) is 20.0. The van der Waals surface area contributed by atoms with Gasteiger partial charge in [-0.25, -0.2) is 0 Å². The number of fused-ring (bicyclic) bond motifs is 1. The fraction of sp³-hybridized carbons (Fsp3) is 0.320. The van der Waals surface area contributed by atoms with Gasteiger partial charge in [-0.15, -0.1) is 11.8 Å². The maximum atomic E-state index is 13.5. The number of carbonyl (C=O) groups excluding carboxylic acids is 1. The number of H-pyrrole nitrogens is 1. The molecule has 3 N–H and O–H groups in total. The average molecular weight is 472 g/mol. The minimum atomic E-state index is -0.943. The Morgan fingerprint density at radius 3 is 2.39 bits per heavy atom. The number of benzene rings is 2. The fourth-order valence-electron chi connectivity index (χ4n) is 3.44. The number of thioether (sulfide) groups is 1. The lowest BCUT2D eigenvalue weighted by Crippen LogP contribution is -2.16. The molecule has 3 aromatic rings. The van der Waals surface area contributed by atoms with Gasteiger partial charge in [0.05, 0.1) is 38.9 Å². The highest BCUT2D eigenvalue weighted by molar-refractivity contribution is 8.04. The molecule has 0 spiro atoms. The molecule has 1 unspecified atom stereocenters. The molecule has 2 aromatic carbocycles. The molecule has 33 heavy (non-hydrogen) atoms. The van der Waals surface area contributed by atoms with Crippen LogP contribution >= 0.6 is 11.8 Å². The highest BCUT2D eigenvalue weighted by Crippen LogP contribution is 2.39. The molecule has 1 heterocycles. The normalized spacial score (nSPS) is 12.6. The minimum Gasteiger partial charge on any atom is -0.493 e. The summed E-state index contributed by atoms with van der Waals surface area (Å²) in [5.74, 6) is 1.05. The van der Waals surface area contributed by atoms with Gasteiger partial charge < -0.3 is 29.4 Å². The van der Waals surface area contributed by atoms with Crippen LogP contribution in [0.3, 0.4) is 0 Å². The molecule has 0 aliphatic rings. The number of Topliss-reactive ketones (excluding diaryl/α,β-unsaturated/α-hetero) is 1. The highest BCUT2D eigenvalue weighted by Gasteiger charge is 2.21. The standard InChI is InChI=1S/C25H29NO6S/c1-5-15-6-7-19-17(12-26-20(19)8-15)11-23(33-14-18(28)13-27)24(29)16-9-21(30-2)25(32-4)22(10-16)31-3/h6-12,18,26-28H,5,13-14H2,1-4H3. The Morgan fingerprint density at radius 1 is 1.12 bits per heavy atom. The largest absolute Gasteiger partial charge is 0.493 e. The number of rotatable bonds is 11. The van der Waals surface area contributed by atoms with Gasteiger partial charge in [0.15, 0.2) is 17.3 Å². The van der Waals surface area contributed by atoms with Crippen molar-refractivity contribution in [1.82, 2.24) is 4.98 Å². The third-order valence-corrected chi connectivity index (χ3v) is 6.43. The van der Waals surface area contributed by atoms with Crippen molar-refractivity contribution in [3.8, 4) is 17.2 Å². The molecule has 1 aromatic heterocycles. The van der Waals surface area contributed by atoms with Crippen LogP contribution in [0.15, 0.2) is 41.4 Å². The van der Waals surface area contributed by atoms with Crippen LogP contribution in [0.5, 0.6) is 17.2 Å². The molecular formula is C25H29NO6S. The summed E-state index contributed by atoms with van der Waals surface area (Å²) in [4.78, 5) is 17.2. The smallest absolute Gasteiger partial charge is 0.203 e. The predicted molar refractivity (Wildman–Crippen MR) is 132 cm³/mol. The summed E-state index contributed by atoms with van der Waals surface area (Å²) in [5.41, 5.74) is 3.42. The number of aliphatic hydroxyl groups excluding tert-OH is 2. The van der Waals surface area contributed by atoms with E-state index < -0.39 is 6.10 Å². The number of carbonyl (C=O) groups is 1. The number of methoxy groups -OCH3 is 3. The van der Waals surface area contributed by atoms with Crippen molar-refractivity contribution >= 4 is 34.5 Å². The third kappa shape index (κ3) is 5.52. The van der Waals surface area contributed by atoms with E-state index in [9.17, 15) is 15.0 Å². The Kier molecular flexibility index (Phi) is 8.43. The van der Waals surface area contributed by atoms with Crippen LogP contribution in [0.2, 0.25) is 0 Å². The molecule has 7 nitrogen and oxygen atoms in total. The maximum Gasteiger partial charge on any atom is 0.203 e. The zero-order valence-electron chi connectivity index (χ0n) is 19.2. The summed E-state index contributed by atoms with van der Waals surface area (Å²) < 4.78 is 16.1. The number of aromatic amines is 1. The monoisotopic (exact) mass is 471 g/mol. The SMILES string of the molecule is CCc1ccc2c(C=C(SCC(O)CO)C(=O)c3cc(OC)c(OC)c(OC)c3)c[nH]c2c1. The van der Waals surface area contributed by atoms with Gasteiger partial charge in [0.1, 0.15) is 0 Å². The van der Waals surface area contributed by atoms with Gasteiger partial charge in [-0.2, -0.15) is 0 Å². The van der Waals surface area contributed by atoms with E-state index in [0.717, 1.165) is 22.9 Å². The van der Waals surface area contributed by atoms with Gasteiger partial charge in [-0.1, -0.05) is 19.1 Å². The molecule has 0 saturated heterocycles. The van der Waals surface area contributed by atoms with Crippen LogP contribution in [0.4, 0.5) is 0 Å². The highest BCUT2D eigenvalue weighted by atomic mass is 32.2. The lowest BCUT2D eigenvalue weighted by molar-refractivity contribution is 0.104. The number of aliphatic hydroxyl groups is 2. The second-order valence-electron chi connectivity index (χ2n) is 7.38. The lowest BCUT2D eigenvalue weighted by Gasteiger charge is -2.15. The third-order valence-electron chi connectivity index (χ3n) is 5.27. The van der Waals surface area contributed by atoms with E-state index >= 15 is 0 Å². The molecule has 0 saturated carbocycles. The van der Waals surface area contributed by atoms with Crippen molar-refractivity contribution in [2.45, 2.75) is 19.4 Å². The van der Waals surface area contributed by atoms with E-state index in [2.05, 4.69) is 24.0 Å². The van der Waals surface area contributed by atoms with Crippen molar-refractivity contribution in [1.29, 1.82) is 0 Å². The number of aromatic nitrogens is 1. The summed E-state index contributed by atoms with van der Waals surface area (Å²) >= 11 is 1.18. The van der Waals surface area contributed by atoms with Crippen molar-refractivity contribution in [2.75, 3.05) is 33.7 Å². The van der Waals surface area contributed by atoms with Crippen LogP contribution < -0.4 is 14.2 Å². The van der Waals surface area contributed by atoms with Gasteiger partial charge in [0.2, 0.25) is 5.75 Å². The van der Waals surface area contributed by atoms with Crippen molar-refractivity contribution in [3.63, 3.8) is 0 Å². The topological polar surface area (TPSA) is 101 Å². The quantitative estimate of drug-likeness (QED) is 0.286. The molecule has 0 aliphatic heterocycles. The molecule has 176 valence electrons. The number of aryl methyl sites for hydroxylation is 1. The Balaban J connectivity index is 2.07. The Bertz CT molecular complexity index is 1130. The molecular weight excluding hydrogens is 442 g/mol. The molecule has 0 fully saturated rings. The Hall–Kier alpha value is -2.94. The molecule has 0 amide bonds. The summed E-state index contributed by atoms with van der Waals surface area (Å²) in [6.45, 7) is 1.72. The first-order chi connectivity index (χ1) is 15.9. The first-order valence-electron chi connectivity index (χ1n) is 10.5. The molecule has 0 bridgehead atoms. The van der Waals surface area contributed by atoms with Crippen LogP contribution in [0.1, 0.15) is 28.4 Å². The summed E-state index contributed by atoms with van der Waals surface area (Å²) in [7, 11) is 4.48. The van der Waals surface area contributed by atoms with E-state index in [0.29, 0.717) is 27.7 Å². The fourth-order valence-corrected chi connectivity index (χ4v) is 4.38. The van der Waals surface area contributed by atoms with Crippen LogP contribution in [0.25, 0.3) is 17.0 Å².